The van der Waals surface area contributed by atoms with Crippen LogP contribution in [-0.4, -0.2) is 25.0 Å². The van der Waals surface area contributed by atoms with Crippen LogP contribution in [0, 0.1) is 27.7 Å². The summed E-state index contributed by atoms with van der Waals surface area (Å²) in [6, 6.07) is 18.4. The Labute approximate surface area is 288 Å². The molecule has 49 heavy (non-hydrogen) atoms. The number of phenolic OH excluding ortho intramolecular Hbond substituents is 1. The summed E-state index contributed by atoms with van der Waals surface area (Å²) in [5.74, 6) is 0.261. The molecule has 0 amide bonds. The molecule has 1 aliphatic rings. The van der Waals surface area contributed by atoms with Gasteiger partial charge < -0.3 is 25.0 Å². The topological polar surface area (TPSA) is 83.4 Å². The summed E-state index contributed by atoms with van der Waals surface area (Å²) >= 11 is 0. The average molecular weight is 649 g/mol. The van der Waals surface area contributed by atoms with Gasteiger partial charge in [0, 0.05) is 33.2 Å². The van der Waals surface area contributed by atoms with Crippen LogP contribution in [0.5, 0.6) is 5.75 Å². The van der Waals surface area contributed by atoms with Crippen LogP contribution in [0.1, 0.15) is 106 Å². The lowest BCUT2D eigenvalue weighted by atomic mass is 9.96. The molecule has 2 aromatic carbocycles. The van der Waals surface area contributed by atoms with Gasteiger partial charge in [-0.05, 0) is 133 Å². The number of H-pyrrole nitrogens is 4. The molecule has 0 fully saturated rings. The van der Waals surface area contributed by atoms with Crippen molar-refractivity contribution in [2.45, 2.75) is 81.1 Å². The molecule has 0 spiro atoms. The lowest BCUT2D eigenvalue weighted by Crippen LogP contribution is -2.18. The van der Waals surface area contributed by atoms with Gasteiger partial charge in [-0.25, -0.2) is 0 Å². The third-order valence-electron chi connectivity index (χ3n) is 10.9. The smallest absolute Gasteiger partial charge is 0.115 e. The van der Waals surface area contributed by atoms with Crippen LogP contribution in [0.4, 0.5) is 0 Å². The van der Waals surface area contributed by atoms with E-state index < -0.39 is 0 Å². The van der Waals surface area contributed by atoms with Crippen molar-refractivity contribution in [1.29, 1.82) is 0 Å². The average Bonchev–Trinajstić information content (AvgIpc) is 3.79. The van der Waals surface area contributed by atoms with Crippen LogP contribution in [0.2, 0.25) is 0 Å². The molecule has 0 saturated carbocycles. The molecule has 0 radical (unpaired) electrons. The van der Waals surface area contributed by atoms with Gasteiger partial charge in [0.25, 0.3) is 0 Å². The van der Waals surface area contributed by atoms with Gasteiger partial charge in [-0.3, -0.25) is 0 Å². The maximum atomic E-state index is 10.3. The molecule has 0 unspecified atom stereocenters. The van der Waals surface area contributed by atoms with E-state index in [1.807, 2.05) is 12.1 Å². The molecule has 1 aliphatic heterocycles. The molecule has 6 aromatic rings. The highest BCUT2D eigenvalue weighted by Crippen LogP contribution is 2.31. The monoisotopic (exact) mass is 648 g/mol. The third kappa shape index (κ3) is 5.23. The number of aromatic hydroxyl groups is 1. The van der Waals surface area contributed by atoms with Crippen molar-refractivity contribution in [2.24, 2.45) is 0 Å². The van der Waals surface area contributed by atoms with Gasteiger partial charge in [-0.15, -0.1) is 0 Å². The van der Waals surface area contributed by atoms with Gasteiger partial charge in [-0.1, -0.05) is 70.2 Å². The lowest BCUT2D eigenvalue weighted by Gasteiger charge is -2.09. The number of aromatic nitrogens is 4. The first kappa shape index (κ1) is 32.4. The van der Waals surface area contributed by atoms with Gasteiger partial charge in [-0.2, -0.15) is 0 Å². The zero-order chi connectivity index (χ0) is 34.6. The molecule has 8 bridgehead atoms. The summed E-state index contributed by atoms with van der Waals surface area (Å²) < 4.78 is 0. The number of nitrogens with one attached hydrogen (secondary N) is 4. The Morgan fingerprint density at radius 2 is 0.878 bits per heavy atom. The Balaban J connectivity index is 1.74. The quantitative estimate of drug-likeness (QED) is 0.138. The van der Waals surface area contributed by atoms with Crippen LogP contribution in [0.15, 0.2) is 54.6 Å². The Kier molecular flexibility index (Phi) is 8.40. The molecular weight excluding hydrogens is 601 g/mol. The molecule has 5 nitrogen and oxygen atoms in total. The zero-order valence-corrected chi connectivity index (χ0v) is 30.1. The van der Waals surface area contributed by atoms with Gasteiger partial charge in [0.15, 0.2) is 0 Å². The summed E-state index contributed by atoms with van der Waals surface area (Å²) in [4.78, 5) is 15.8. The Morgan fingerprint density at radius 1 is 0.469 bits per heavy atom. The van der Waals surface area contributed by atoms with E-state index in [0.717, 1.165) is 81.0 Å². The van der Waals surface area contributed by atoms with Crippen molar-refractivity contribution < 1.29 is 5.11 Å². The number of aromatic amines is 4. The molecule has 250 valence electrons. The van der Waals surface area contributed by atoms with Gasteiger partial charge >= 0.3 is 0 Å². The first-order chi connectivity index (χ1) is 23.7. The number of fused-ring (bicyclic) bond motifs is 8. The van der Waals surface area contributed by atoms with E-state index in [9.17, 15) is 5.11 Å². The number of benzene rings is 2. The normalized spacial score (nSPS) is 12.7. The Hall–Kier alpha value is -5.16. The summed E-state index contributed by atoms with van der Waals surface area (Å²) in [7, 11) is 0. The number of hydrogen-bond donors (Lipinski definition) is 5. The molecule has 0 saturated heterocycles. The van der Waals surface area contributed by atoms with Gasteiger partial charge in [0.1, 0.15) is 5.75 Å². The molecular formula is C44H48N4O. The van der Waals surface area contributed by atoms with Crippen molar-refractivity contribution >= 4 is 23.3 Å². The van der Waals surface area contributed by atoms with Crippen molar-refractivity contribution in [1.82, 2.24) is 19.9 Å². The minimum absolute atomic E-state index is 0.261. The summed E-state index contributed by atoms with van der Waals surface area (Å²) in [5, 5.41) is 14.8. The fraction of sp³-hybridized carbons (Fsp3) is 0.273. The van der Waals surface area contributed by atoms with Gasteiger partial charge in [0.05, 0.1) is 22.1 Å². The maximum Gasteiger partial charge on any atom is 0.115 e. The largest absolute Gasteiger partial charge is 0.508 e. The van der Waals surface area contributed by atoms with E-state index >= 15 is 0 Å². The maximum absolute atomic E-state index is 10.3. The van der Waals surface area contributed by atoms with Crippen LogP contribution in [-0.2, 0) is 25.7 Å². The SMILES string of the molecule is CCc1c2[nH]c(c1C)C(c1ccccc1)=c1[nH]c(c(CC)c1C)=Cc1[nH]c(c(C)c1CC)C(c1ccc(O)cc1)=c1[nH]c(c(CC)c1C)=C2. The van der Waals surface area contributed by atoms with E-state index in [2.05, 4.69) is 118 Å². The Morgan fingerprint density at radius 3 is 1.29 bits per heavy atom. The number of hydrogen-bond acceptors (Lipinski definition) is 1. The second-order valence-electron chi connectivity index (χ2n) is 13.4. The zero-order valence-electron chi connectivity index (χ0n) is 30.1. The fourth-order valence-corrected chi connectivity index (χ4v) is 8.29. The van der Waals surface area contributed by atoms with E-state index in [4.69, 9.17) is 0 Å². The molecule has 0 aliphatic carbocycles. The lowest BCUT2D eigenvalue weighted by molar-refractivity contribution is 0.475. The van der Waals surface area contributed by atoms with Crippen molar-refractivity contribution in [3.05, 3.63) is 154 Å². The first-order valence-corrected chi connectivity index (χ1v) is 17.9. The summed E-state index contributed by atoms with van der Waals surface area (Å²) in [6.07, 6.45) is 8.30. The van der Waals surface area contributed by atoms with Crippen molar-refractivity contribution in [3.63, 3.8) is 0 Å². The van der Waals surface area contributed by atoms with Gasteiger partial charge in [0.2, 0.25) is 0 Å². The minimum atomic E-state index is 0.261. The number of phenols is 1. The second kappa shape index (κ2) is 12.7. The molecule has 5 heterocycles. The molecule has 0 atom stereocenters. The second-order valence-corrected chi connectivity index (χ2v) is 13.4. The predicted molar refractivity (Wildman–Crippen MR) is 203 cm³/mol. The molecule has 5 N–H and O–H groups in total. The van der Waals surface area contributed by atoms with Crippen LogP contribution in [0.3, 0.4) is 0 Å². The third-order valence-corrected chi connectivity index (χ3v) is 10.9. The first-order valence-electron chi connectivity index (χ1n) is 17.9. The van der Waals surface area contributed by atoms with E-state index in [1.54, 1.807) is 12.1 Å². The van der Waals surface area contributed by atoms with E-state index in [1.165, 1.54) is 55.6 Å². The van der Waals surface area contributed by atoms with Crippen LogP contribution >= 0.6 is 0 Å². The molecule has 5 heteroatoms. The molecule has 4 aromatic heterocycles. The predicted octanol–water partition coefficient (Wildman–Crippen LogP) is 6.65. The molecule has 7 rings (SSSR count). The van der Waals surface area contributed by atoms with Crippen LogP contribution < -0.4 is 21.4 Å². The van der Waals surface area contributed by atoms with E-state index in [-0.39, 0.29) is 5.75 Å². The Bertz CT molecular complexity index is 2460. The summed E-state index contributed by atoms with van der Waals surface area (Å²) in [6.45, 7) is 18.0. The highest BCUT2D eigenvalue weighted by Gasteiger charge is 2.23. The summed E-state index contributed by atoms with van der Waals surface area (Å²) in [5.41, 5.74) is 19.4. The highest BCUT2D eigenvalue weighted by atomic mass is 16.3. The van der Waals surface area contributed by atoms with E-state index in [0.29, 0.717) is 0 Å². The fourth-order valence-electron chi connectivity index (χ4n) is 8.29. The number of rotatable bonds is 6. The van der Waals surface area contributed by atoms with Crippen molar-refractivity contribution in [2.75, 3.05) is 0 Å². The highest BCUT2D eigenvalue weighted by molar-refractivity contribution is 5.83. The minimum Gasteiger partial charge on any atom is -0.508 e. The van der Waals surface area contributed by atoms with Crippen molar-refractivity contribution in [3.8, 4) is 5.75 Å². The standard InChI is InChI=1S/C44H48N4O/c1-9-31-24(5)41-39(28-16-14-13-15-17-28)42-25(6)32(10-2)36(46-42)23-38-34(12-4)27(8)44(48-38)40(29-18-20-30(49)21-19-29)43-26(7)33(11-3)37(47-43)22-35(31)45-41/h13-23,45-49H,9-12H2,1-8H3. The van der Waals surface area contributed by atoms with Crippen LogP contribution in [0.25, 0.3) is 23.3 Å².